The average Bonchev–Trinajstić information content (AvgIpc) is 2.70. The number of hydrogen-bond acceptors (Lipinski definition) is 2. The fourth-order valence-electron chi connectivity index (χ4n) is 2.52. The van der Waals surface area contributed by atoms with Crippen LogP contribution in [0, 0.1) is 5.92 Å². The van der Waals surface area contributed by atoms with Crippen LogP contribution in [0.2, 0.25) is 0 Å². The molecule has 2 heteroatoms. The minimum Gasteiger partial charge on any atom is -0.472 e. The van der Waals surface area contributed by atoms with Crippen LogP contribution < -0.4 is 0 Å². The fourth-order valence-corrected chi connectivity index (χ4v) is 2.52. The van der Waals surface area contributed by atoms with Crippen molar-refractivity contribution in [2.75, 3.05) is 13.1 Å². The smallest absolute Gasteiger partial charge is 0.0950 e. The summed E-state index contributed by atoms with van der Waals surface area (Å²) >= 11 is 0. The highest BCUT2D eigenvalue weighted by atomic mass is 16.3. The summed E-state index contributed by atoms with van der Waals surface area (Å²) in [6, 6.07) is 2.71. The van der Waals surface area contributed by atoms with Gasteiger partial charge in [-0.05, 0) is 31.4 Å². The largest absolute Gasteiger partial charge is 0.472 e. The van der Waals surface area contributed by atoms with E-state index in [1.807, 2.05) is 6.26 Å². The number of hydrogen-bond donors (Lipinski definition) is 0. The standard InChI is InChI=1S/C13H21NO/c1-11(2)9-14-7-4-3-5-13(14)12-6-8-15-10-12/h6,8,10-11,13H,3-5,7,9H2,1-2H3/t13-/m0/s1. The molecule has 0 amide bonds. The van der Waals surface area contributed by atoms with Crippen molar-refractivity contribution in [1.82, 2.24) is 4.90 Å². The highest BCUT2D eigenvalue weighted by molar-refractivity contribution is 5.12. The van der Waals surface area contributed by atoms with Gasteiger partial charge < -0.3 is 4.42 Å². The molecule has 84 valence electrons. The van der Waals surface area contributed by atoms with Crippen molar-refractivity contribution in [2.45, 2.75) is 39.2 Å². The summed E-state index contributed by atoms with van der Waals surface area (Å²) in [5, 5.41) is 0. The van der Waals surface area contributed by atoms with Crippen molar-refractivity contribution < 1.29 is 4.42 Å². The molecule has 2 rings (SSSR count). The molecule has 1 atom stereocenters. The van der Waals surface area contributed by atoms with E-state index in [4.69, 9.17) is 4.42 Å². The van der Waals surface area contributed by atoms with Crippen molar-refractivity contribution >= 4 is 0 Å². The number of rotatable bonds is 3. The molecule has 0 radical (unpaired) electrons. The highest BCUT2D eigenvalue weighted by Crippen LogP contribution is 2.31. The van der Waals surface area contributed by atoms with Crippen LogP contribution in [-0.4, -0.2) is 18.0 Å². The Hall–Kier alpha value is -0.760. The van der Waals surface area contributed by atoms with E-state index in [1.165, 1.54) is 37.9 Å². The first-order chi connectivity index (χ1) is 7.27. The van der Waals surface area contributed by atoms with Crippen LogP contribution in [0.25, 0.3) is 0 Å². The normalized spacial score (nSPS) is 23.5. The van der Waals surface area contributed by atoms with E-state index in [1.54, 1.807) is 6.26 Å². The van der Waals surface area contributed by atoms with Gasteiger partial charge >= 0.3 is 0 Å². The van der Waals surface area contributed by atoms with Crippen LogP contribution >= 0.6 is 0 Å². The molecule has 1 saturated heterocycles. The predicted molar refractivity (Wildman–Crippen MR) is 61.7 cm³/mol. The van der Waals surface area contributed by atoms with Crippen molar-refractivity contribution in [3.8, 4) is 0 Å². The molecule has 0 N–H and O–H groups in total. The third-order valence-corrected chi connectivity index (χ3v) is 3.14. The lowest BCUT2D eigenvalue weighted by atomic mass is 9.96. The topological polar surface area (TPSA) is 16.4 Å². The summed E-state index contributed by atoms with van der Waals surface area (Å²) in [7, 11) is 0. The van der Waals surface area contributed by atoms with E-state index in [0.717, 1.165) is 5.92 Å². The van der Waals surface area contributed by atoms with Gasteiger partial charge in [-0.3, -0.25) is 4.90 Å². The van der Waals surface area contributed by atoms with Gasteiger partial charge in [0.05, 0.1) is 12.5 Å². The van der Waals surface area contributed by atoms with Crippen molar-refractivity contribution in [1.29, 1.82) is 0 Å². The second-order valence-electron chi connectivity index (χ2n) is 4.96. The Bertz CT molecular complexity index is 279. The zero-order valence-corrected chi connectivity index (χ0v) is 9.78. The fraction of sp³-hybridized carbons (Fsp3) is 0.692. The van der Waals surface area contributed by atoms with Gasteiger partial charge in [-0.15, -0.1) is 0 Å². The Kier molecular flexibility index (Phi) is 3.47. The molecule has 1 aromatic heterocycles. The van der Waals surface area contributed by atoms with E-state index in [2.05, 4.69) is 24.8 Å². The van der Waals surface area contributed by atoms with E-state index in [-0.39, 0.29) is 0 Å². The Morgan fingerprint density at radius 2 is 2.33 bits per heavy atom. The first kappa shape index (κ1) is 10.7. The van der Waals surface area contributed by atoms with E-state index in [9.17, 15) is 0 Å². The Morgan fingerprint density at radius 3 is 3.00 bits per heavy atom. The molecule has 1 aliphatic heterocycles. The van der Waals surface area contributed by atoms with Crippen LogP contribution in [0.1, 0.15) is 44.7 Å². The molecule has 1 aromatic rings. The molecular weight excluding hydrogens is 186 g/mol. The SMILES string of the molecule is CC(C)CN1CCCC[C@H]1c1ccoc1. The van der Waals surface area contributed by atoms with Gasteiger partial charge in [0.1, 0.15) is 0 Å². The summed E-state index contributed by atoms with van der Waals surface area (Å²) < 4.78 is 5.19. The highest BCUT2D eigenvalue weighted by Gasteiger charge is 2.24. The molecule has 1 fully saturated rings. The minimum absolute atomic E-state index is 0.597. The molecule has 0 saturated carbocycles. The van der Waals surface area contributed by atoms with Gasteiger partial charge in [0.2, 0.25) is 0 Å². The zero-order valence-electron chi connectivity index (χ0n) is 9.78. The minimum atomic E-state index is 0.597. The predicted octanol–water partition coefficient (Wildman–Crippen LogP) is 3.46. The van der Waals surface area contributed by atoms with Gasteiger partial charge in [-0.25, -0.2) is 0 Å². The third kappa shape index (κ3) is 2.63. The number of likely N-dealkylation sites (tertiary alicyclic amines) is 1. The number of furan rings is 1. The lowest BCUT2D eigenvalue weighted by molar-refractivity contribution is 0.132. The quantitative estimate of drug-likeness (QED) is 0.754. The van der Waals surface area contributed by atoms with Crippen LogP contribution in [0.3, 0.4) is 0 Å². The molecular formula is C13H21NO. The number of piperidine rings is 1. The van der Waals surface area contributed by atoms with Crippen LogP contribution in [0.5, 0.6) is 0 Å². The molecule has 2 heterocycles. The lowest BCUT2D eigenvalue weighted by Crippen LogP contribution is -2.35. The maximum atomic E-state index is 5.19. The van der Waals surface area contributed by atoms with E-state index < -0.39 is 0 Å². The van der Waals surface area contributed by atoms with Crippen molar-refractivity contribution in [2.24, 2.45) is 5.92 Å². The summed E-state index contributed by atoms with van der Waals surface area (Å²) in [6.07, 6.45) is 7.68. The first-order valence-corrected chi connectivity index (χ1v) is 6.03. The Labute approximate surface area is 92.3 Å². The van der Waals surface area contributed by atoms with Gasteiger partial charge in [-0.2, -0.15) is 0 Å². The molecule has 2 nitrogen and oxygen atoms in total. The van der Waals surface area contributed by atoms with E-state index in [0.29, 0.717) is 6.04 Å². The van der Waals surface area contributed by atoms with Gasteiger partial charge in [0.15, 0.2) is 0 Å². The molecule has 1 aliphatic rings. The Balaban J connectivity index is 2.06. The summed E-state index contributed by atoms with van der Waals surface area (Å²) in [6.45, 7) is 7.03. The second kappa shape index (κ2) is 4.84. The summed E-state index contributed by atoms with van der Waals surface area (Å²) in [5.41, 5.74) is 1.36. The molecule has 0 aromatic carbocycles. The summed E-state index contributed by atoms with van der Waals surface area (Å²) in [5.74, 6) is 0.748. The van der Waals surface area contributed by atoms with E-state index >= 15 is 0 Å². The van der Waals surface area contributed by atoms with Crippen LogP contribution in [-0.2, 0) is 0 Å². The average molecular weight is 207 g/mol. The first-order valence-electron chi connectivity index (χ1n) is 6.03. The second-order valence-corrected chi connectivity index (χ2v) is 4.96. The maximum Gasteiger partial charge on any atom is 0.0950 e. The monoisotopic (exact) mass is 207 g/mol. The van der Waals surface area contributed by atoms with Gasteiger partial charge in [-0.1, -0.05) is 20.3 Å². The van der Waals surface area contributed by atoms with Crippen LogP contribution in [0.15, 0.2) is 23.0 Å². The molecule has 15 heavy (non-hydrogen) atoms. The lowest BCUT2D eigenvalue weighted by Gasteiger charge is -2.36. The number of nitrogens with zero attached hydrogens (tertiary/aromatic N) is 1. The Morgan fingerprint density at radius 1 is 1.47 bits per heavy atom. The maximum absolute atomic E-state index is 5.19. The van der Waals surface area contributed by atoms with Gasteiger partial charge in [0, 0.05) is 18.2 Å². The molecule has 0 unspecified atom stereocenters. The summed E-state index contributed by atoms with van der Waals surface area (Å²) in [4.78, 5) is 2.61. The third-order valence-electron chi connectivity index (χ3n) is 3.14. The molecule has 0 aliphatic carbocycles. The van der Waals surface area contributed by atoms with Crippen LogP contribution in [0.4, 0.5) is 0 Å². The van der Waals surface area contributed by atoms with Crippen molar-refractivity contribution in [3.63, 3.8) is 0 Å². The van der Waals surface area contributed by atoms with Gasteiger partial charge in [0.25, 0.3) is 0 Å². The zero-order chi connectivity index (χ0) is 10.7. The molecule has 0 spiro atoms. The van der Waals surface area contributed by atoms with Crippen molar-refractivity contribution in [3.05, 3.63) is 24.2 Å². The molecule has 0 bridgehead atoms.